The van der Waals surface area contributed by atoms with Gasteiger partial charge in [0.15, 0.2) is 5.78 Å². The zero-order valence-electron chi connectivity index (χ0n) is 11.1. The van der Waals surface area contributed by atoms with Crippen LogP contribution in [0, 0.1) is 5.92 Å². The molecule has 3 aliphatic rings. The summed E-state index contributed by atoms with van der Waals surface area (Å²) in [6.45, 7) is 5.77. The molecule has 18 heavy (non-hydrogen) atoms. The topological polar surface area (TPSA) is 43.8 Å². The number of hydrogen-bond donors (Lipinski definition) is 1. The fourth-order valence-electron chi connectivity index (χ4n) is 3.42. The van der Waals surface area contributed by atoms with E-state index in [1.165, 1.54) is 12.8 Å². The van der Waals surface area contributed by atoms with Gasteiger partial charge in [-0.2, -0.15) is 0 Å². The van der Waals surface area contributed by atoms with Crippen LogP contribution in [0.3, 0.4) is 0 Å². The minimum absolute atomic E-state index is 0.145. The highest BCUT2D eigenvalue weighted by Gasteiger charge is 2.43. The number of likely N-dealkylation sites (tertiary alicyclic amines) is 2. The van der Waals surface area contributed by atoms with E-state index in [0.717, 1.165) is 50.4 Å². The Morgan fingerprint density at radius 1 is 1.00 bits per heavy atom. The van der Waals surface area contributed by atoms with Gasteiger partial charge in [-0.15, -0.1) is 0 Å². The van der Waals surface area contributed by atoms with Gasteiger partial charge in [0.2, 0.25) is 0 Å². The summed E-state index contributed by atoms with van der Waals surface area (Å²) in [5.41, 5.74) is 1.75. The number of rotatable bonds is 2. The van der Waals surface area contributed by atoms with Crippen LogP contribution in [0.2, 0.25) is 0 Å². The Labute approximate surface area is 108 Å². The highest BCUT2D eigenvalue weighted by atomic mass is 16.3. The molecule has 0 aromatic heterocycles. The molecule has 1 N–H and O–H groups in total. The fraction of sp³-hybridized carbons (Fsp3) is 0.786. The van der Waals surface area contributed by atoms with Gasteiger partial charge in [-0.05, 0) is 25.7 Å². The van der Waals surface area contributed by atoms with Gasteiger partial charge in [0, 0.05) is 26.2 Å². The first kappa shape index (κ1) is 12.0. The second-order valence-corrected chi connectivity index (χ2v) is 5.72. The van der Waals surface area contributed by atoms with Gasteiger partial charge in [-0.1, -0.05) is 6.92 Å². The minimum Gasteiger partial charge on any atom is -0.386 e. The predicted molar refractivity (Wildman–Crippen MR) is 68.8 cm³/mol. The van der Waals surface area contributed by atoms with E-state index >= 15 is 0 Å². The normalized spacial score (nSPS) is 33.1. The lowest BCUT2D eigenvalue weighted by Crippen LogP contribution is -2.30. The first-order chi connectivity index (χ1) is 8.70. The zero-order valence-corrected chi connectivity index (χ0v) is 11.1. The second-order valence-electron chi connectivity index (χ2n) is 5.72. The van der Waals surface area contributed by atoms with Crippen LogP contribution in [-0.4, -0.2) is 53.0 Å². The average molecular weight is 250 g/mol. The van der Waals surface area contributed by atoms with Crippen LogP contribution in [0.25, 0.3) is 0 Å². The summed E-state index contributed by atoms with van der Waals surface area (Å²) in [6.07, 6.45) is 4.08. The summed E-state index contributed by atoms with van der Waals surface area (Å²) in [5, 5.41) is 10.4. The van der Waals surface area contributed by atoms with Crippen molar-refractivity contribution in [1.82, 2.24) is 9.80 Å². The molecule has 0 saturated carbocycles. The van der Waals surface area contributed by atoms with E-state index in [2.05, 4.69) is 9.80 Å². The van der Waals surface area contributed by atoms with Gasteiger partial charge in [0.25, 0.3) is 0 Å². The number of carbonyl (C=O) groups is 1. The van der Waals surface area contributed by atoms with E-state index in [4.69, 9.17) is 0 Å². The van der Waals surface area contributed by atoms with E-state index in [0.29, 0.717) is 0 Å². The molecule has 0 aromatic rings. The van der Waals surface area contributed by atoms with Gasteiger partial charge >= 0.3 is 0 Å². The van der Waals surface area contributed by atoms with Crippen molar-refractivity contribution in [1.29, 1.82) is 0 Å². The number of aliphatic hydroxyl groups is 1. The van der Waals surface area contributed by atoms with Crippen molar-refractivity contribution in [3.63, 3.8) is 0 Å². The second kappa shape index (κ2) is 4.57. The molecule has 2 fully saturated rings. The fourth-order valence-corrected chi connectivity index (χ4v) is 3.42. The molecule has 1 aliphatic carbocycles. The Morgan fingerprint density at radius 2 is 1.50 bits per heavy atom. The highest BCUT2D eigenvalue weighted by molar-refractivity contribution is 6.00. The molecule has 4 heteroatoms. The molecule has 0 bridgehead atoms. The van der Waals surface area contributed by atoms with Crippen molar-refractivity contribution >= 4 is 5.78 Å². The maximum atomic E-state index is 12.4. The molecule has 0 amide bonds. The summed E-state index contributed by atoms with van der Waals surface area (Å²) < 4.78 is 0. The van der Waals surface area contributed by atoms with E-state index in [-0.39, 0.29) is 11.7 Å². The van der Waals surface area contributed by atoms with Crippen molar-refractivity contribution in [2.75, 3.05) is 26.2 Å². The SMILES string of the molecule is CC1C(=O)C(N2CCCC2)=C(N2CCCC2)C1O. The third-order valence-corrected chi connectivity index (χ3v) is 4.51. The molecule has 2 atom stereocenters. The molecule has 2 aliphatic heterocycles. The van der Waals surface area contributed by atoms with Gasteiger partial charge in [-0.3, -0.25) is 4.79 Å². The van der Waals surface area contributed by atoms with Gasteiger partial charge < -0.3 is 14.9 Å². The monoisotopic (exact) mass is 250 g/mol. The molecule has 0 radical (unpaired) electrons. The maximum Gasteiger partial charge on any atom is 0.186 e. The molecule has 3 rings (SSSR count). The van der Waals surface area contributed by atoms with Crippen molar-refractivity contribution in [2.24, 2.45) is 5.92 Å². The first-order valence-corrected chi connectivity index (χ1v) is 7.16. The van der Waals surface area contributed by atoms with Crippen LogP contribution in [0.4, 0.5) is 0 Å². The third kappa shape index (κ3) is 1.74. The van der Waals surface area contributed by atoms with Crippen LogP contribution in [0.15, 0.2) is 11.4 Å². The van der Waals surface area contributed by atoms with Crippen LogP contribution in [0.1, 0.15) is 32.6 Å². The van der Waals surface area contributed by atoms with Crippen LogP contribution >= 0.6 is 0 Å². The first-order valence-electron chi connectivity index (χ1n) is 7.16. The van der Waals surface area contributed by atoms with E-state index < -0.39 is 6.10 Å². The summed E-state index contributed by atoms with van der Waals surface area (Å²) in [7, 11) is 0. The zero-order chi connectivity index (χ0) is 12.7. The average Bonchev–Trinajstić information content (AvgIpc) is 3.07. The van der Waals surface area contributed by atoms with Crippen LogP contribution < -0.4 is 0 Å². The largest absolute Gasteiger partial charge is 0.386 e. The number of ketones is 1. The Balaban J connectivity index is 1.97. The summed E-state index contributed by atoms with van der Waals surface area (Å²) in [6, 6.07) is 0. The molecule has 4 nitrogen and oxygen atoms in total. The number of allylic oxidation sites excluding steroid dienone is 1. The minimum atomic E-state index is -0.591. The number of hydrogen-bond acceptors (Lipinski definition) is 4. The third-order valence-electron chi connectivity index (χ3n) is 4.51. The summed E-state index contributed by atoms with van der Waals surface area (Å²) in [4.78, 5) is 16.8. The van der Waals surface area contributed by atoms with Crippen LogP contribution in [0.5, 0.6) is 0 Å². The van der Waals surface area contributed by atoms with E-state index in [1.807, 2.05) is 6.92 Å². The Hall–Kier alpha value is -1.03. The maximum absolute atomic E-state index is 12.4. The quantitative estimate of drug-likeness (QED) is 0.793. The summed E-state index contributed by atoms with van der Waals surface area (Å²) in [5.74, 6) is -0.123. The summed E-state index contributed by atoms with van der Waals surface area (Å²) >= 11 is 0. The molecule has 0 spiro atoms. The Morgan fingerprint density at radius 3 is 2.06 bits per heavy atom. The van der Waals surface area contributed by atoms with Crippen molar-refractivity contribution in [3.05, 3.63) is 11.4 Å². The van der Waals surface area contributed by atoms with Crippen molar-refractivity contribution in [3.8, 4) is 0 Å². The van der Waals surface area contributed by atoms with E-state index in [9.17, 15) is 9.90 Å². The van der Waals surface area contributed by atoms with E-state index in [1.54, 1.807) is 0 Å². The van der Waals surface area contributed by atoms with Crippen LogP contribution in [-0.2, 0) is 4.79 Å². The molecule has 2 unspecified atom stereocenters. The van der Waals surface area contributed by atoms with Gasteiger partial charge in [0.1, 0.15) is 11.8 Å². The van der Waals surface area contributed by atoms with Crippen molar-refractivity contribution < 1.29 is 9.90 Å². The predicted octanol–water partition coefficient (Wildman–Crippen LogP) is 0.969. The van der Waals surface area contributed by atoms with Gasteiger partial charge in [-0.25, -0.2) is 0 Å². The Bertz CT molecular complexity index is 379. The Kier molecular flexibility index (Phi) is 3.06. The molecule has 2 saturated heterocycles. The number of aliphatic hydroxyl groups excluding tert-OH is 1. The number of Topliss-reactive ketones (excluding diaryl/α,β-unsaturated/α-hetero) is 1. The number of carbonyl (C=O) groups excluding carboxylic acids is 1. The lowest BCUT2D eigenvalue weighted by atomic mass is 10.1. The van der Waals surface area contributed by atoms with Crippen molar-refractivity contribution in [2.45, 2.75) is 38.7 Å². The molecule has 2 heterocycles. The smallest absolute Gasteiger partial charge is 0.186 e. The molecular weight excluding hydrogens is 228 g/mol. The molecule has 100 valence electrons. The standard InChI is InChI=1S/C14H22N2O2/c1-10-13(17)11(15-6-2-3-7-15)12(14(10)18)16-8-4-5-9-16/h10,13,17H,2-9H2,1H3. The van der Waals surface area contributed by atoms with Gasteiger partial charge in [0.05, 0.1) is 11.6 Å². The molecule has 0 aromatic carbocycles. The number of nitrogens with zero attached hydrogens (tertiary/aromatic N) is 2. The lowest BCUT2D eigenvalue weighted by molar-refractivity contribution is -0.120. The lowest BCUT2D eigenvalue weighted by Gasteiger charge is -2.27. The molecular formula is C14H22N2O2. The highest BCUT2D eigenvalue weighted by Crippen LogP contribution is 2.36.